The van der Waals surface area contributed by atoms with Crippen LogP contribution in [-0.2, 0) is 12.4 Å². The highest BCUT2D eigenvalue weighted by atomic mass is 35.5. The maximum atomic E-state index is 5.91. The zero-order valence-corrected chi connectivity index (χ0v) is 10.9. The van der Waals surface area contributed by atoms with Gasteiger partial charge in [-0.25, -0.2) is 4.98 Å². The van der Waals surface area contributed by atoms with Crippen LogP contribution in [0, 0.1) is 0 Å². The number of halogens is 1. The lowest BCUT2D eigenvalue weighted by molar-refractivity contribution is 0.399. The predicted octanol–water partition coefficient (Wildman–Crippen LogP) is 2.98. The molecule has 5 heteroatoms. The number of fused-ring (bicyclic) bond motifs is 1. The van der Waals surface area contributed by atoms with Gasteiger partial charge in [-0.3, -0.25) is 0 Å². The number of imidazole rings is 1. The van der Waals surface area contributed by atoms with E-state index in [-0.39, 0.29) is 0 Å². The molecule has 2 heterocycles. The maximum Gasteiger partial charge on any atom is 0.215 e. The number of methoxy groups -OCH3 is 1. The van der Waals surface area contributed by atoms with Crippen molar-refractivity contribution in [1.29, 1.82) is 0 Å². The third-order valence-electron chi connectivity index (χ3n) is 2.71. The van der Waals surface area contributed by atoms with Crippen LogP contribution >= 0.6 is 11.6 Å². The zero-order chi connectivity index (χ0) is 12.3. The van der Waals surface area contributed by atoms with E-state index >= 15 is 0 Å². The SMILES string of the molecule is CCCCn1c(CCl)nc2ccc(OC)nc21. The van der Waals surface area contributed by atoms with Crippen molar-refractivity contribution in [2.45, 2.75) is 32.2 Å². The predicted molar refractivity (Wildman–Crippen MR) is 68.5 cm³/mol. The third-order valence-corrected chi connectivity index (χ3v) is 2.95. The molecule has 0 saturated carbocycles. The van der Waals surface area contributed by atoms with Crippen LogP contribution in [0.4, 0.5) is 0 Å². The fourth-order valence-electron chi connectivity index (χ4n) is 1.80. The minimum absolute atomic E-state index is 0.405. The molecule has 0 aliphatic rings. The molecule has 0 unspecified atom stereocenters. The van der Waals surface area contributed by atoms with E-state index in [0.29, 0.717) is 11.8 Å². The Morgan fingerprint density at radius 2 is 2.18 bits per heavy atom. The number of alkyl halides is 1. The first-order valence-corrected chi connectivity index (χ1v) is 6.29. The number of aromatic nitrogens is 3. The number of pyridine rings is 1. The molecule has 4 nitrogen and oxygen atoms in total. The summed E-state index contributed by atoms with van der Waals surface area (Å²) in [6, 6.07) is 3.73. The number of rotatable bonds is 5. The quantitative estimate of drug-likeness (QED) is 0.769. The Balaban J connectivity index is 2.50. The Hall–Kier alpha value is -1.29. The molecule has 0 saturated heterocycles. The van der Waals surface area contributed by atoms with Crippen molar-refractivity contribution < 1.29 is 4.74 Å². The van der Waals surface area contributed by atoms with E-state index in [1.54, 1.807) is 7.11 Å². The van der Waals surface area contributed by atoms with Crippen LogP contribution in [0.2, 0.25) is 0 Å². The van der Waals surface area contributed by atoms with Crippen LogP contribution in [0.3, 0.4) is 0 Å². The first-order valence-electron chi connectivity index (χ1n) is 5.76. The van der Waals surface area contributed by atoms with Crippen molar-refractivity contribution in [3.05, 3.63) is 18.0 Å². The van der Waals surface area contributed by atoms with Gasteiger partial charge in [0, 0.05) is 12.6 Å². The highest BCUT2D eigenvalue weighted by Crippen LogP contribution is 2.19. The topological polar surface area (TPSA) is 39.9 Å². The molecule has 0 radical (unpaired) electrons. The van der Waals surface area contributed by atoms with Gasteiger partial charge in [0.2, 0.25) is 5.88 Å². The molecule has 0 amide bonds. The van der Waals surface area contributed by atoms with Gasteiger partial charge in [0.25, 0.3) is 0 Å². The fourth-order valence-corrected chi connectivity index (χ4v) is 2.00. The second-order valence-corrected chi connectivity index (χ2v) is 4.13. The molecule has 0 aliphatic heterocycles. The van der Waals surface area contributed by atoms with Gasteiger partial charge >= 0.3 is 0 Å². The summed E-state index contributed by atoms with van der Waals surface area (Å²) < 4.78 is 7.22. The fraction of sp³-hybridized carbons (Fsp3) is 0.500. The molecular formula is C12H16ClN3O. The molecule has 17 heavy (non-hydrogen) atoms. The van der Waals surface area contributed by atoms with Gasteiger partial charge in [-0.2, -0.15) is 4.98 Å². The van der Waals surface area contributed by atoms with Crippen LogP contribution < -0.4 is 4.74 Å². The average Bonchev–Trinajstić information content (AvgIpc) is 2.73. The van der Waals surface area contributed by atoms with Gasteiger partial charge in [-0.15, -0.1) is 11.6 Å². The molecular weight excluding hydrogens is 238 g/mol. The van der Waals surface area contributed by atoms with E-state index < -0.39 is 0 Å². The standard InChI is InChI=1S/C12H16ClN3O/c1-3-4-7-16-10(8-13)14-9-5-6-11(17-2)15-12(9)16/h5-6H,3-4,7-8H2,1-2H3. The Morgan fingerprint density at radius 3 is 2.82 bits per heavy atom. The Kier molecular flexibility index (Phi) is 3.84. The molecule has 2 aromatic heterocycles. The van der Waals surface area contributed by atoms with Crippen LogP contribution in [0.25, 0.3) is 11.2 Å². The Morgan fingerprint density at radius 1 is 1.35 bits per heavy atom. The maximum absolute atomic E-state index is 5.91. The number of hydrogen-bond donors (Lipinski definition) is 0. The van der Waals surface area contributed by atoms with Crippen molar-refractivity contribution in [2.24, 2.45) is 0 Å². The zero-order valence-electron chi connectivity index (χ0n) is 10.1. The summed E-state index contributed by atoms with van der Waals surface area (Å²) in [5.74, 6) is 1.88. The second-order valence-electron chi connectivity index (χ2n) is 3.86. The van der Waals surface area contributed by atoms with Crippen LogP contribution in [-0.4, -0.2) is 21.6 Å². The molecule has 0 aliphatic carbocycles. The Bertz CT molecular complexity index is 510. The van der Waals surface area contributed by atoms with Gasteiger partial charge in [0.05, 0.1) is 13.0 Å². The molecule has 0 fully saturated rings. The third kappa shape index (κ3) is 2.36. The molecule has 92 valence electrons. The summed E-state index contributed by atoms with van der Waals surface area (Å²) in [4.78, 5) is 8.91. The van der Waals surface area contributed by atoms with E-state index in [4.69, 9.17) is 16.3 Å². The average molecular weight is 254 g/mol. The lowest BCUT2D eigenvalue weighted by Gasteiger charge is -2.06. The van der Waals surface area contributed by atoms with Crippen molar-refractivity contribution in [1.82, 2.24) is 14.5 Å². The monoisotopic (exact) mass is 253 g/mol. The molecule has 0 N–H and O–H groups in total. The first-order chi connectivity index (χ1) is 8.30. The molecule has 2 rings (SSSR count). The summed E-state index contributed by atoms with van der Waals surface area (Å²) >= 11 is 5.91. The van der Waals surface area contributed by atoms with Crippen molar-refractivity contribution in [3.63, 3.8) is 0 Å². The van der Waals surface area contributed by atoms with Crippen LogP contribution in [0.1, 0.15) is 25.6 Å². The van der Waals surface area contributed by atoms with Gasteiger partial charge in [0.1, 0.15) is 11.3 Å². The van der Waals surface area contributed by atoms with Gasteiger partial charge < -0.3 is 9.30 Å². The molecule has 0 atom stereocenters. The van der Waals surface area contributed by atoms with E-state index in [1.807, 2.05) is 12.1 Å². The van der Waals surface area contributed by atoms with Gasteiger partial charge in [0.15, 0.2) is 5.65 Å². The van der Waals surface area contributed by atoms with Gasteiger partial charge in [-0.05, 0) is 12.5 Å². The Labute approximate surface area is 106 Å². The highest BCUT2D eigenvalue weighted by Gasteiger charge is 2.11. The molecule has 0 aromatic carbocycles. The minimum Gasteiger partial charge on any atom is -0.481 e. The van der Waals surface area contributed by atoms with Gasteiger partial charge in [-0.1, -0.05) is 13.3 Å². The van der Waals surface area contributed by atoms with E-state index in [2.05, 4.69) is 21.5 Å². The lowest BCUT2D eigenvalue weighted by atomic mass is 10.3. The highest BCUT2D eigenvalue weighted by molar-refractivity contribution is 6.16. The number of nitrogens with zero attached hydrogens (tertiary/aromatic N) is 3. The van der Waals surface area contributed by atoms with E-state index in [1.165, 1.54) is 0 Å². The summed E-state index contributed by atoms with van der Waals surface area (Å²) in [6.45, 7) is 3.06. The first kappa shape index (κ1) is 12.2. The van der Waals surface area contributed by atoms with Crippen molar-refractivity contribution >= 4 is 22.8 Å². The minimum atomic E-state index is 0.405. The normalized spacial score (nSPS) is 11.0. The van der Waals surface area contributed by atoms with Crippen LogP contribution in [0.5, 0.6) is 5.88 Å². The van der Waals surface area contributed by atoms with E-state index in [0.717, 1.165) is 36.4 Å². The summed E-state index contributed by atoms with van der Waals surface area (Å²) in [7, 11) is 1.61. The number of ether oxygens (including phenoxy) is 1. The summed E-state index contributed by atoms with van der Waals surface area (Å²) in [5, 5.41) is 0. The second kappa shape index (κ2) is 5.36. The molecule has 0 spiro atoms. The van der Waals surface area contributed by atoms with Crippen molar-refractivity contribution in [3.8, 4) is 5.88 Å². The number of hydrogen-bond acceptors (Lipinski definition) is 3. The van der Waals surface area contributed by atoms with E-state index in [9.17, 15) is 0 Å². The lowest BCUT2D eigenvalue weighted by Crippen LogP contribution is -2.03. The summed E-state index contributed by atoms with van der Waals surface area (Å²) in [6.07, 6.45) is 2.22. The van der Waals surface area contributed by atoms with Crippen molar-refractivity contribution in [2.75, 3.05) is 7.11 Å². The largest absolute Gasteiger partial charge is 0.481 e. The molecule has 0 bridgehead atoms. The van der Waals surface area contributed by atoms with Crippen LogP contribution in [0.15, 0.2) is 12.1 Å². The summed E-state index contributed by atoms with van der Waals surface area (Å²) in [5.41, 5.74) is 1.73. The molecule has 2 aromatic rings. The number of unbranched alkanes of at least 4 members (excludes halogenated alkanes) is 1. The number of aryl methyl sites for hydroxylation is 1. The smallest absolute Gasteiger partial charge is 0.215 e.